The standard InChI is InChI=1S/C26H27N3/c1-7-17(2)23-15-26(20(5)14-19(23)4)29-21(6)27-13-12-18(3)24-16-28-25-11-9-8-10-22(24)25/h7-16,28-29H,1-2,6H2,3-5H3/b18-12+,27-13?. The van der Waals surface area contributed by atoms with E-state index < -0.39 is 0 Å². The Hall–Kier alpha value is -3.59. The number of para-hydroxylation sites is 1. The van der Waals surface area contributed by atoms with Gasteiger partial charge in [0, 0.05) is 34.6 Å². The van der Waals surface area contributed by atoms with E-state index in [4.69, 9.17) is 0 Å². The summed E-state index contributed by atoms with van der Waals surface area (Å²) in [6.45, 7) is 18.1. The van der Waals surface area contributed by atoms with Crippen molar-refractivity contribution in [1.82, 2.24) is 4.98 Å². The minimum atomic E-state index is 0.579. The zero-order valence-corrected chi connectivity index (χ0v) is 17.3. The van der Waals surface area contributed by atoms with Gasteiger partial charge in [0.1, 0.15) is 5.82 Å². The van der Waals surface area contributed by atoms with Crippen LogP contribution in [0.2, 0.25) is 0 Å². The molecule has 0 spiro atoms. The van der Waals surface area contributed by atoms with Crippen LogP contribution in [0.4, 0.5) is 5.69 Å². The number of aromatic nitrogens is 1. The van der Waals surface area contributed by atoms with E-state index in [1.165, 1.54) is 16.5 Å². The zero-order chi connectivity index (χ0) is 21.0. The Labute approximate surface area is 172 Å². The fraction of sp³-hybridized carbons (Fsp3) is 0.115. The van der Waals surface area contributed by atoms with Crippen molar-refractivity contribution in [2.75, 3.05) is 5.32 Å². The summed E-state index contributed by atoms with van der Waals surface area (Å²) < 4.78 is 0. The van der Waals surface area contributed by atoms with Gasteiger partial charge in [-0.2, -0.15) is 0 Å². The van der Waals surface area contributed by atoms with Gasteiger partial charge in [-0.05, 0) is 66.8 Å². The lowest BCUT2D eigenvalue weighted by Gasteiger charge is -2.14. The van der Waals surface area contributed by atoms with Gasteiger partial charge in [-0.1, -0.05) is 50.1 Å². The van der Waals surface area contributed by atoms with Crippen LogP contribution in [-0.4, -0.2) is 11.2 Å². The molecule has 1 aromatic heterocycles. The predicted octanol–water partition coefficient (Wildman–Crippen LogP) is 7.04. The third-order valence-corrected chi connectivity index (χ3v) is 5.01. The van der Waals surface area contributed by atoms with Crippen LogP contribution in [0.5, 0.6) is 0 Å². The molecule has 0 radical (unpaired) electrons. The average Bonchev–Trinajstić information content (AvgIpc) is 3.13. The van der Waals surface area contributed by atoms with Gasteiger partial charge in [0.15, 0.2) is 0 Å². The van der Waals surface area contributed by atoms with E-state index in [9.17, 15) is 0 Å². The van der Waals surface area contributed by atoms with Gasteiger partial charge in [-0.15, -0.1) is 0 Å². The van der Waals surface area contributed by atoms with E-state index in [2.05, 4.69) is 80.1 Å². The smallest absolute Gasteiger partial charge is 0.122 e. The highest BCUT2D eigenvalue weighted by Gasteiger charge is 2.07. The monoisotopic (exact) mass is 381 g/mol. The van der Waals surface area contributed by atoms with E-state index in [1.54, 1.807) is 12.3 Å². The quantitative estimate of drug-likeness (QED) is 0.334. The molecular weight excluding hydrogens is 354 g/mol. The summed E-state index contributed by atoms with van der Waals surface area (Å²) in [4.78, 5) is 7.75. The third-order valence-electron chi connectivity index (χ3n) is 5.01. The van der Waals surface area contributed by atoms with Gasteiger partial charge in [0.05, 0.1) is 0 Å². The number of hydrogen-bond donors (Lipinski definition) is 2. The number of aryl methyl sites for hydroxylation is 2. The molecule has 0 amide bonds. The fourth-order valence-corrected chi connectivity index (χ4v) is 3.36. The Bertz CT molecular complexity index is 1160. The van der Waals surface area contributed by atoms with Crippen molar-refractivity contribution in [3.63, 3.8) is 0 Å². The molecule has 0 aliphatic heterocycles. The highest BCUT2D eigenvalue weighted by Crippen LogP contribution is 2.27. The average molecular weight is 382 g/mol. The number of nitrogens with one attached hydrogen (secondary N) is 2. The lowest BCUT2D eigenvalue weighted by molar-refractivity contribution is 1.28. The lowest BCUT2D eigenvalue weighted by Crippen LogP contribution is -2.00. The molecule has 2 aromatic carbocycles. The Morgan fingerprint density at radius 2 is 1.83 bits per heavy atom. The van der Waals surface area contributed by atoms with Crippen molar-refractivity contribution in [3.8, 4) is 0 Å². The first-order chi connectivity index (χ1) is 13.9. The minimum Gasteiger partial charge on any atom is -0.361 e. The fourth-order valence-electron chi connectivity index (χ4n) is 3.36. The molecule has 3 nitrogen and oxygen atoms in total. The van der Waals surface area contributed by atoms with E-state index in [-0.39, 0.29) is 0 Å². The van der Waals surface area contributed by atoms with Gasteiger partial charge >= 0.3 is 0 Å². The lowest BCUT2D eigenvalue weighted by atomic mass is 9.98. The third kappa shape index (κ3) is 4.46. The molecule has 0 aliphatic rings. The predicted molar refractivity (Wildman–Crippen MR) is 128 cm³/mol. The number of benzene rings is 2. The number of hydrogen-bond acceptors (Lipinski definition) is 2. The van der Waals surface area contributed by atoms with Gasteiger partial charge in [0.2, 0.25) is 0 Å². The van der Waals surface area contributed by atoms with Crippen LogP contribution in [0.15, 0.2) is 85.3 Å². The highest BCUT2D eigenvalue weighted by molar-refractivity contribution is 5.95. The van der Waals surface area contributed by atoms with Gasteiger partial charge in [-0.3, -0.25) is 0 Å². The molecule has 0 fully saturated rings. The van der Waals surface area contributed by atoms with Gasteiger partial charge < -0.3 is 10.3 Å². The molecule has 0 atom stereocenters. The molecule has 3 heteroatoms. The van der Waals surface area contributed by atoms with Crippen LogP contribution in [-0.2, 0) is 0 Å². The summed E-state index contributed by atoms with van der Waals surface area (Å²) in [5.74, 6) is 0.579. The molecule has 0 aliphatic carbocycles. The Kier molecular flexibility index (Phi) is 5.99. The largest absolute Gasteiger partial charge is 0.361 e. The van der Waals surface area contributed by atoms with E-state index in [1.807, 2.05) is 24.4 Å². The first-order valence-electron chi connectivity index (χ1n) is 9.57. The SMILES string of the molecule is C=CC(=C)c1cc(NC(=C)N=C/C=C(\C)c2c[nH]c3ccccc23)c(C)cc1C. The Morgan fingerprint density at radius 1 is 1.07 bits per heavy atom. The Morgan fingerprint density at radius 3 is 2.59 bits per heavy atom. The summed E-state index contributed by atoms with van der Waals surface area (Å²) in [5, 5.41) is 4.50. The maximum Gasteiger partial charge on any atom is 0.122 e. The molecule has 0 saturated carbocycles. The van der Waals surface area contributed by atoms with Crippen LogP contribution >= 0.6 is 0 Å². The number of fused-ring (bicyclic) bond motifs is 1. The van der Waals surface area contributed by atoms with Crippen LogP contribution in [0.25, 0.3) is 22.0 Å². The summed E-state index contributed by atoms with van der Waals surface area (Å²) >= 11 is 0. The number of H-pyrrole nitrogens is 1. The first-order valence-corrected chi connectivity index (χ1v) is 9.57. The zero-order valence-electron chi connectivity index (χ0n) is 17.3. The van der Waals surface area contributed by atoms with Crippen molar-refractivity contribution < 1.29 is 0 Å². The number of rotatable bonds is 7. The topological polar surface area (TPSA) is 40.2 Å². The second kappa shape index (κ2) is 8.61. The van der Waals surface area contributed by atoms with E-state index in [0.717, 1.165) is 33.5 Å². The molecule has 0 bridgehead atoms. The summed E-state index contributed by atoms with van der Waals surface area (Å²) in [6, 6.07) is 12.5. The maximum absolute atomic E-state index is 4.45. The first kappa shape index (κ1) is 20.2. The molecule has 0 saturated heterocycles. The molecule has 3 aromatic rings. The number of anilines is 1. The Balaban J connectivity index is 1.75. The normalized spacial score (nSPS) is 11.8. The molecule has 29 heavy (non-hydrogen) atoms. The number of nitrogens with zero attached hydrogens (tertiary/aromatic N) is 1. The van der Waals surface area contributed by atoms with E-state index in [0.29, 0.717) is 5.82 Å². The molecule has 146 valence electrons. The van der Waals surface area contributed by atoms with Crippen LogP contribution in [0.3, 0.4) is 0 Å². The minimum absolute atomic E-state index is 0.579. The molecule has 1 heterocycles. The van der Waals surface area contributed by atoms with E-state index >= 15 is 0 Å². The number of allylic oxidation sites excluding steroid dienone is 4. The second-order valence-electron chi connectivity index (χ2n) is 7.16. The number of aromatic amines is 1. The van der Waals surface area contributed by atoms with Crippen molar-refractivity contribution in [2.24, 2.45) is 4.99 Å². The van der Waals surface area contributed by atoms with Gasteiger partial charge in [0.25, 0.3) is 0 Å². The van der Waals surface area contributed by atoms with Crippen molar-refractivity contribution in [1.29, 1.82) is 0 Å². The second-order valence-corrected chi connectivity index (χ2v) is 7.16. The summed E-state index contributed by atoms with van der Waals surface area (Å²) in [7, 11) is 0. The maximum atomic E-state index is 4.45. The van der Waals surface area contributed by atoms with Crippen molar-refractivity contribution in [3.05, 3.63) is 103 Å². The molecular formula is C26H27N3. The van der Waals surface area contributed by atoms with Crippen molar-refractivity contribution in [2.45, 2.75) is 20.8 Å². The van der Waals surface area contributed by atoms with Crippen LogP contribution in [0.1, 0.15) is 29.2 Å². The van der Waals surface area contributed by atoms with Crippen LogP contribution in [0, 0.1) is 13.8 Å². The molecule has 2 N–H and O–H groups in total. The molecule has 3 rings (SSSR count). The van der Waals surface area contributed by atoms with Crippen LogP contribution < -0.4 is 5.32 Å². The van der Waals surface area contributed by atoms with Crippen molar-refractivity contribution >= 4 is 34.0 Å². The summed E-state index contributed by atoms with van der Waals surface area (Å²) in [5.41, 5.74) is 8.67. The summed E-state index contributed by atoms with van der Waals surface area (Å²) in [6.07, 6.45) is 7.57. The number of aliphatic imine (C=N–C) groups is 1. The van der Waals surface area contributed by atoms with Gasteiger partial charge in [-0.25, -0.2) is 4.99 Å². The highest BCUT2D eigenvalue weighted by atomic mass is 15.0. The molecule has 0 unspecified atom stereocenters.